The summed E-state index contributed by atoms with van der Waals surface area (Å²) in [6, 6.07) is 11.6. The number of carbonyl (C=O) groups excluding carboxylic acids is 1. The van der Waals surface area contributed by atoms with E-state index in [9.17, 15) is 9.90 Å². The maximum absolute atomic E-state index is 11.9. The number of hydrogen-bond acceptors (Lipinski definition) is 5. The number of nitrogens with one attached hydrogen (secondary N) is 2. The molecule has 0 aliphatic rings. The van der Waals surface area contributed by atoms with Crippen molar-refractivity contribution in [3.63, 3.8) is 0 Å². The second-order valence-corrected chi connectivity index (χ2v) is 5.59. The average molecular weight is 360 g/mol. The maximum Gasteiger partial charge on any atom is 0.317 e. The van der Waals surface area contributed by atoms with E-state index in [0.717, 1.165) is 5.56 Å². The van der Waals surface area contributed by atoms with Crippen molar-refractivity contribution in [3.05, 3.63) is 48.0 Å². The van der Waals surface area contributed by atoms with Crippen LogP contribution in [0.3, 0.4) is 0 Å². The number of benzene rings is 2. The lowest BCUT2D eigenvalue weighted by atomic mass is 10.1. The van der Waals surface area contributed by atoms with Gasteiger partial charge in [0.2, 0.25) is 0 Å². The van der Waals surface area contributed by atoms with Crippen molar-refractivity contribution in [1.82, 2.24) is 10.6 Å². The molecule has 3 N–H and O–H groups in total. The minimum Gasteiger partial charge on any atom is -0.508 e. The number of carbonyl (C=O) groups is 1. The van der Waals surface area contributed by atoms with Crippen LogP contribution in [0.4, 0.5) is 4.79 Å². The average Bonchev–Trinajstić information content (AvgIpc) is 2.63. The fourth-order valence-corrected chi connectivity index (χ4v) is 2.35. The molecule has 0 saturated heterocycles. The van der Waals surface area contributed by atoms with Gasteiger partial charge in [-0.15, -0.1) is 0 Å². The zero-order chi connectivity index (χ0) is 18.9. The molecule has 26 heavy (non-hydrogen) atoms. The summed E-state index contributed by atoms with van der Waals surface area (Å²) in [7, 11) is 3.17. The third-order valence-electron chi connectivity index (χ3n) is 3.63. The second kappa shape index (κ2) is 9.41. The maximum atomic E-state index is 11.9. The Balaban J connectivity index is 1.75. The number of ether oxygens (including phenoxy) is 3. The minimum absolute atomic E-state index is 0.158. The van der Waals surface area contributed by atoms with Gasteiger partial charge < -0.3 is 30.0 Å². The second-order valence-electron chi connectivity index (χ2n) is 5.59. The van der Waals surface area contributed by atoms with Crippen molar-refractivity contribution < 1.29 is 24.1 Å². The molecule has 2 aromatic carbocycles. The van der Waals surface area contributed by atoms with Crippen LogP contribution in [0.15, 0.2) is 42.5 Å². The van der Waals surface area contributed by atoms with Crippen LogP contribution < -0.4 is 24.8 Å². The predicted molar refractivity (Wildman–Crippen MR) is 98.0 cm³/mol. The van der Waals surface area contributed by atoms with Crippen LogP contribution in [0.5, 0.6) is 23.0 Å². The van der Waals surface area contributed by atoms with Crippen molar-refractivity contribution in [2.24, 2.45) is 0 Å². The number of aromatic hydroxyl groups is 1. The van der Waals surface area contributed by atoms with Gasteiger partial charge in [-0.25, -0.2) is 4.79 Å². The highest BCUT2D eigenvalue weighted by Gasteiger charge is 2.09. The van der Waals surface area contributed by atoms with Gasteiger partial charge in [0.05, 0.1) is 14.2 Å². The number of urea groups is 1. The quantitative estimate of drug-likeness (QED) is 0.630. The van der Waals surface area contributed by atoms with Gasteiger partial charge in [0.1, 0.15) is 11.5 Å². The zero-order valence-electron chi connectivity index (χ0n) is 15.1. The molecule has 0 aliphatic carbocycles. The highest BCUT2D eigenvalue weighted by Crippen LogP contribution is 2.27. The highest BCUT2D eigenvalue weighted by molar-refractivity contribution is 5.74. The van der Waals surface area contributed by atoms with Crippen LogP contribution >= 0.6 is 0 Å². The minimum atomic E-state index is -0.513. The summed E-state index contributed by atoms with van der Waals surface area (Å²) >= 11 is 0. The molecule has 0 aromatic heterocycles. The van der Waals surface area contributed by atoms with E-state index in [0.29, 0.717) is 30.2 Å². The third-order valence-corrected chi connectivity index (χ3v) is 3.63. The van der Waals surface area contributed by atoms with Crippen molar-refractivity contribution in [2.75, 3.05) is 20.8 Å². The first-order valence-electron chi connectivity index (χ1n) is 8.22. The molecule has 0 aliphatic heterocycles. The first kappa shape index (κ1) is 19.2. The Kier molecular flexibility index (Phi) is 6.96. The van der Waals surface area contributed by atoms with E-state index >= 15 is 0 Å². The van der Waals surface area contributed by atoms with Crippen molar-refractivity contribution in [3.8, 4) is 23.0 Å². The monoisotopic (exact) mass is 360 g/mol. The number of hydrogen-bond donors (Lipinski definition) is 3. The molecule has 2 amide bonds. The van der Waals surface area contributed by atoms with Crippen LogP contribution in [0, 0.1) is 0 Å². The van der Waals surface area contributed by atoms with E-state index in [-0.39, 0.29) is 11.8 Å². The molecule has 1 atom stereocenters. The first-order chi connectivity index (χ1) is 12.5. The van der Waals surface area contributed by atoms with Gasteiger partial charge in [0.15, 0.2) is 17.7 Å². The number of methoxy groups -OCH3 is 2. The van der Waals surface area contributed by atoms with E-state index in [1.807, 2.05) is 18.2 Å². The molecule has 1 unspecified atom stereocenters. The molecule has 0 fully saturated rings. The van der Waals surface area contributed by atoms with Crippen molar-refractivity contribution in [1.29, 1.82) is 0 Å². The normalized spacial score (nSPS) is 11.3. The fraction of sp³-hybridized carbons (Fsp3) is 0.316. The standard InChI is InChI=1S/C19H24N2O5/c1-13(26-16-7-5-15(22)6-8-16)21-19(23)20-11-10-14-4-9-17(24-2)18(12-14)25-3/h4-9,12-13,22H,10-11H2,1-3H3,(H2,20,21,23). The van der Waals surface area contributed by atoms with Crippen LogP contribution in [-0.2, 0) is 6.42 Å². The number of amides is 2. The Morgan fingerprint density at radius 1 is 1.08 bits per heavy atom. The van der Waals surface area contributed by atoms with Gasteiger partial charge in [-0.2, -0.15) is 0 Å². The molecule has 0 bridgehead atoms. The van der Waals surface area contributed by atoms with Crippen LogP contribution in [0.2, 0.25) is 0 Å². The molecular weight excluding hydrogens is 336 g/mol. The van der Waals surface area contributed by atoms with E-state index in [4.69, 9.17) is 14.2 Å². The fourth-order valence-electron chi connectivity index (χ4n) is 2.35. The molecule has 0 spiro atoms. The lowest BCUT2D eigenvalue weighted by Gasteiger charge is -2.17. The van der Waals surface area contributed by atoms with Gasteiger partial charge >= 0.3 is 6.03 Å². The van der Waals surface area contributed by atoms with Crippen molar-refractivity contribution >= 4 is 6.03 Å². The molecule has 2 aromatic rings. The summed E-state index contributed by atoms with van der Waals surface area (Å²) in [5.41, 5.74) is 1.02. The topological polar surface area (TPSA) is 89.1 Å². The molecule has 0 radical (unpaired) electrons. The molecule has 0 heterocycles. The Morgan fingerprint density at radius 3 is 2.42 bits per heavy atom. The summed E-state index contributed by atoms with van der Waals surface area (Å²) in [5, 5.41) is 14.7. The Morgan fingerprint density at radius 2 is 1.77 bits per heavy atom. The number of phenolic OH excluding ortho intramolecular Hbond substituents is 1. The molecule has 140 valence electrons. The predicted octanol–water partition coefficient (Wildman–Crippen LogP) is 2.68. The van der Waals surface area contributed by atoms with Gasteiger partial charge in [-0.05, 0) is 55.3 Å². The Hall–Kier alpha value is -3.09. The smallest absolute Gasteiger partial charge is 0.317 e. The number of phenols is 1. The van der Waals surface area contributed by atoms with E-state index in [1.54, 1.807) is 33.3 Å². The van der Waals surface area contributed by atoms with Gasteiger partial charge in [-0.3, -0.25) is 0 Å². The number of rotatable bonds is 8. The Labute approximate surface area is 152 Å². The Bertz CT molecular complexity index is 718. The summed E-state index contributed by atoms with van der Waals surface area (Å²) in [6.45, 7) is 2.19. The van der Waals surface area contributed by atoms with E-state index in [2.05, 4.69) is 10.6 Å². The lowest BCUT2D eigenvalue weighted by molar-refractivity contribution is 0.177. The molecule has 2 rings (SSSR count). The summed E-state index contributed by atoms with van der Waals surface area (Å²) < 4.78 is 16.0. The summed E-state index contributed by atoms with van der Waals surface area (Å²) in [6.07, 6.45) is 0.140. The van der Waals surface area contributed by atoms with Crippen LogP contribution in [0.25, 0.3) is 0 Å². The largest absolute Gasteiger partial charge is 0.508 e. The third kappa shape index (κ3) is 5.77. The summed E-state index contributed by atoms with van der Waals surface area (Å²) in [5.74, 6) is 2.04. The van der Waals surface area contributed by atoms with Gasteiger partial charge in [-0.1, -0.05) is 6.07 Å². The van der Waals surface area contributed by atoms with E-state index in [1.165, 1.54) is 12.1 Å². The SMILES string of the molecule is COc1ccc(CCNC(=O)NC(C)Oc2ccc(O)cc2)cc1OC. The van der Waals surface area contributed by atoms with Gasteiger partial charge in [0.25, 0.3) is 0 Å². The molecule has 0 saturated carbocycles. The zero-order valence-corrected chi connectivity index (χ0v) is 15.1. The molecule has 7 heteroatoms. The van der Waals surface area contributed by atoms with E-state index < -0.39 is 6.23 Å². The summed E-state index contributed by atoms with van der Waals surface area (Å²) in [4.78, 5) is 11.9. The first-order valence-corrected chi connectivity index (χ1v) is 8.22. The van der Waals surface area contributed by atoms with Gasteiger partial charge in [0, 0.05) is 6.54 Å². The van der Waals surface area contributed by atoms with Crippen LogP contribution in [0.1, 0.15) is 12.5 Å². The van der Waals surface area contributed by atoms with Crippen molar-refractivity contribution in [2.45, 2.75) is 19.6 Å². The molecule has 7 nitrogen and oxygen atoms in total. The lowest BCUT2D eigenvalue weighted by Crippen LogP contribution is -2.43. The highest BCUT2D eigenvalue weighted by atomic mass is 16.5. The molecular formula is C19H24N2O5. The van der Waals surface area contributed by atoms with Crippen LogP contribution in [-0.4, -0.2) is 38.1 Å².